The van der Waals surface area contributed by atoms with Crippen LogP contribution in [-0.2, 0) is 10.0 Å². The van der Waals surface area contributed by atoms with E-state index in [1.807, 2.05) is 24.3 Å². The summed E-state index contributed by atoms with van der Waals surface area (Å²) in [6.07, 6.45) is 0. The lowest BCUT2D eigenvalue weighted by Crippen LogP contribution is -2.16. The molecule has 1 N–H and O–H groups in total. The second kappa shape index (κ2) is 6.51. The van der Waals surface area contributed by atoms with Gasteiger partial charge in [-0.05, 0) is 54.1 Å². The number of hydrogen-bond donors (Lipinski definition) is 1. The van der Waals surface area contributed by atoms with Crippen LogP contribution in [0.25, 0.3) is 16.5 Å². The van der Waals surface area contributed by atoms with Crippen LogP contribution < -0.4 is 4.72 Å². The highest BCUT2D eigenvalue weighted by Crippen LogP contribution is 2.23. The van der Waals surface area contributed by atoms with Gasteiger partial charge in [0, 0.05) is 6.07 Å². The molecular weight excluding hydrogens is 365 g/mol. The Morgan fingerprint density at radius 2 is 1.63 bits per heavy atom. The summed E-state index contributed by atoms with van der Waals surface area (Å²) in [6, 6.07) is 19.8. The van der Waals surface area contributed by atoms with E-state index in [0.29, 0.717) is 11.4 Å². The van der Waals surface area contributed by atoms with Crippen molar-refractivity contribution in [3.8, 4) is 5.69 Å². The van der Waals surface area contributed by atoms with Crippen molar-refractivity contribution in [3.05, 3.63) is 84.3 Å². The Bertz CT molecular complexity index is 1230. The molecule has 0 aliphatic heterocycles. The summed E-state index contributed by atoms with van der Waals surface area (Å²) in [5, 5.41) is 6.10. The number of anilines is 1. The standard InChI is InChI=1S/C20H16FN3O2S/c1-14-12-20(24(22-14)18-9-7-17(21)8-10-18)23-27(25,26)19-11-6-15-4-2-3-5-16(15)13-19/h2-13,23H,1H3. The lowest BCUT2D eigenvalue weighted by Gasteiger charge is -2.11. The minimum Gasteiger partial charge on any atom is -0.263 e. The smallest absolute Gasteiger partial charge is 0.263 e. The molecule has 1 aromatic heterocycles. The van der Waals surface area contributed by atoms with E-state index in [0.717, 1.165) is 10.8 Å². The molecule has 27 heavy (non-hydrogen) atoms. The Hall–Kier alpha value is -3.19. The van der Waals surface area contributed by atoms with Gasteiger partial charge < -0.3 is 0 Å². The average Bonchev–Trinajstić information content (AvgIpc) is 3.01. The molecule has 3 aromatic carbocycles. The van der Waals surface area contributed by atoms with Crippen molar-refractivity contribution in [1.29, 1.82) is 0 Å². The number of fused-ring (bicyclic) bond motifs is 1. The van der Waals surface area contributed by atoms with Crippen LogP contribution in [0.2, 0.25) is 0 Å². The van der Waals surface area contributed by atoms with Gasteiger partial charge in [0.1, 0.15) is 11.6 Å². The van der Waals surface area contributed by atoms with Gasteiger partial charge in [0.2, 0.25) is 0 Å². The fourth-order valence-corrected chi connectivity index (χ4v) is 3.95. The van der Waals surface area contributed by atoms with Gasteiger partial charge in [-0.2, -0.15) is 5.10 Å². The van der Waals surface area contributed by atoms with Gasteiger partial charge in [-0.1, -0.05) is 30.3 Å². The summed E-state index contributed by atoms with van der Waals surface area (Å²) in [5.41, 5.74) is 1.19. The van der Waals surface area contributed by atoms with Gasteiger partial charge in [-0.3, -0.25) is 4.72 Å². The lowest BCUT2D eigenvalue weighted by molar-refractivity contribution is 0.600. The predicted octanol–water partition coefficient (Wildman–Crippen LogP) is 4.27. The maximum Gasteiger partial charge on any atom is 0.263 e. The Balaban J connectivity index is 1.73. The highest BCUT2D eigenvalue weighted by molar-refractivity contribution is 7.92. The van der Waals surface area contributed by atoms with Gasteiger partial charge in [0.15, 0.2) is 0 Å². The molecule has 0 radical (unpaired) electrons. The minimum absolute atomic E-state index is 0.158. The second-order valence-corrected chi connectivity index (χ2v) is 7.86. The molecule has 0 aliphatic carbocycles. The number of rotatable bonds is 4. The number of benzene rings is 3. The Kier molecular flexibility index (Phi) is 4.16. The Morgan fingerprint density at radius 3 is 2.37 bits per heavy atom. The molecular formula is C20H16FN3O2S. The summed E-state index contributed by atoms with van der Waals surface area (Å²) in [7, 11) is -3.82. The van der Waals surface area contributed by atoms with E-state index >= 15 is 0 Å². The summed E-state index contributed by atoms with van der Waals surface area (Å²) in [4.78, 5) is 0.158. The van der Waals surface area contributed by atoms with Crippen LogP contribution in [0.3, 0.4) is 0 Å². The van der Waals surface area contributed by atoms with E-state index in [-0.39, 0.29) is 16.5 Å². The molecule has 0 saturated carbocycles. The first-order chi connectivity index (χ1) is 12.9. The second-order valence-electron chi connectivity index (χ2n) is 6.17. The van der Waals surface area contributed by atoms with E-state index in [4.69, 9.17) is 0 Å². The number of halogens is 1. The van der Waals surface area contributed by atoms with Crippen LogP contribution in [0, 0.1) is 12.7 Å². The maximum atomic E-state index is 13.2. The van der Waals surface area contributed by atoms with Gasteiger partial charge in [0.25, 0.3) is 10.0 Å². The molecule has 4 aromatic rings. The number of aromatic nitrogens is 2. The van der Waals surface area contributed by atoms with Gasteiger partial charge >= 0.3 is 0 Å². The molecule has 0 fully saturated rings. The van der Waals surface area contributed by atoms with Crippen LogP contribution in [0.15, 0.2) is 77.7 Å². The number of sulfonamides is 1. The van der Waals surface area contributed by atoms with Crippen molar-refractivity contribution < 1.29 is 12.8 Å². The summed E-state index contributed by atoms with van der Waals surface area (Å²) in [5.74, 6) is -0.0896. The monoisotopic (exact) mass is 381 g/mol. The van der Waals surface area contributed by atoms with Gasteiger partial charge in [0.05, 0.1) is 16.3 Å². The largest absolute Gasteiger partial charge is 0.263 e. The van der Waals surface area contributed by atoms with Gasteiger partial charge in [-0.15, -0.1) is 0 Å². The van der Waals surface area contributed by atoms with Crippen molar-refractivity contribution >= 4 is 26.6 Å². The SMILES string of the molecule is Cc1cc(NS(=O)(=O)c2ccc3ccccc3c2)n(-c2ccc(F)cc2)n1. The average molecular weight is 381 g/mol. The molecule has 0 unspecified atom stereocenters. The normalized spacial score (nSPS) is 11.6. The third-order valence-electron chi connectivity index (χ3n) is 4.17. The number of nitrogens with one attached hydrogen (secondary N) is 1. The zero-order chi connectivity index (χ0) is 19.0. The summed E-state index contributed by atoms with van der Waals surface area (Å²) < 4.78 is 43.0. The number of nitrogens with zero attached hydrogens (tertiary/aromatic N) is 2. The molecule has 136 valence electrons. The number of aryl methyl sites for hydroxylation is 1. The molecule has 0 spiro atoms. The van der Waals surface area contributed by atoms with Crippen LogP contribution in [0.1, 0.15) is 5.69 Å². The van der Waals surface area contributed by atoms with Crippen molar-refractivity contribution in [2.24, 2.45) is 0 Å². The molecule has 1 heterocycles. The third kappa shape index (κ3) is 3.41. The fraction of sp³-hybridized carbons (Fsp3) is 0.0500. The summed E-state index contributed by atoms with van der Waals surface area (Å²) in [6.45, 7) is 1.76. The lowest BCUT2D eigenvalue weighted by atomic mass is 10.1. The highest BCUT2D eigenvalue weighted by atomic mass is 32.2. The first kappa shape index (κ1) is 17.2. The molecule has 0 aliphatic rings. The third-order valence-corrected chi connectivity index (χ3v) is 5.53. The van der Waals surface area contributed by atoms with Crippen LogP contribution in [0.4, 0.5) is 10.2 Å². The van der Waals surface area contributed by atoms with Crippen LogP contribution in [-0.4, -0.2) is 18.2 Å². The van der Waals surface area contributed by atoms with Crippen molar-refractivity contribution in [2.75, 3.05) is 4.72 Å². The van der Waals surface area contributed by atoms with E-state index < -0.39 is 10.0 Å². The fourth-order valence-electron chi connectivity index (χ4n) is 2.88. The minimum atomic E-state index is -3.82. The molecule has 0 amide bonds. The first-order valence-electron chi connectivity index (χ1n) is 8.27. The Labute approximate surface area is 156 Å². The predicted molar refractivity (Wildman–Crippen MR) is 103 cm³/mol. The van der Waals surface area contributed by atoms with Crippen LogP contribution >= 0.6 is 0 Å². The molecule has 5 nitrogen and oxygen atoms in total. The molecule has 4 rings (SSSR count). The van der Waals surface area contributed by atoms with Gasteiger partial charge in [-0.25, -0.2) is 17.5 Å². The van der Waals surface area contributed by atoms with Crippen molar-refractivity contribution in [1.82, 2.24) is 9.78 Å². The molecule has 0 saturated heterocycles. The summed E-state index contributed by atoms with van der Waals surface area (Å²) >= 11 is 0. The molecule has 7 heteroatoms. The van der Waals surface area contributed by atoms with E-state index in [2.05, 4.69) is 9.82 Å². The van der Waals surface area contributed by atoms with Crippen LogP contribution in [0.5, 0.6) is 0 Å². The maximum absolute atomic E-state index is 13.2. The van der Waals surface area contributed by atoms with Crippen molar-refractivity contribution in [2.45, 2.75) is 11.8 Å². The first-order valence-corrected chi connectivity index (χ1v) is 9.75. The van der Waals surface area contributed by atoms with Crippen molar-refractivity contribution in [3.63, 3.8) is 0 Å². The number of hydrogen-bond acceptors (Lipinski definition) is 3. The zero-order valence-corrected chi connectivity index (χ0v) is 15.2. The quantitative estimate of drug-likeness (QED) is 0.574. The highest BCUT2D eigenvalue weighted by Gasteiger charge is 2.18. The van der Waals surface area contributed by atoms with E-state index in [1.54, 1.807) is 31.2 Å². The molecule has 0 bridgehead atoms. The van der Waals surface area contributed by atoms with E-state index in [1.165, 1.54) is 28.9 Å². The Morgan fingerprint density at radius 1 is 0.926 bits per heavy atom. The molecule has 0 atom stereocenters. The van der Waals surface area contributed by atoms with E-state index in [9.17, 15) is 12.8 Å². The topological polar surface area (TPSA) is 64.0 Å². The zero-order valence-electron chi connectivity index (χ0n) is 14.4.